The minimum absolute atomic E-state index is 0.0948. The molecule has 0 atom stereocenters. The fourth-order valence-corrected chi connectivity index (χ4v) is 2.75. The lowest BCUT2D eigenvalue weighted by Crippen LogP contribution is -2.14. The van der Waals surface area contributed by atoms with Crippen LogP contribution in [0.4, 0.5) is 10.1 Å². The van der Waals surface area contributed by atoms with E-state index in [0.29, 0.717) is 17.0 Å². The van der Waals surface area contributed by atoms with Gasteiger partial charge in [0.2, 0.25) is 11.1 Å². The van der Waals surface area contributed by atoms with Crippen LogP contribution in [-0.2, 0) is 4.79 Å². The molecule has 0 fully saturated rings. The Hall–Kier alpha value is -4.16. The second-order valence-electron chi connectivity index (χ2n) is 6.13. The van der Waals surface area contributed by atoms with Gasteiger partial charge in [-0.3, -0.25) is 4.79 Å². The molecule has 0 saturated heterocycles. The van der Waals surface area contributed by atoms with Gasteiger partial charge in [-0.1, -0.05) is 18.2 Å². The number of aromatic nitrogens is 2. The van der Waals surface area contributed by atoms with Gasteiger partial charge in [-0.05, 0) is 47.5 Å². The number of amides is 1. The molecular formula is C22H16ClFN4O4. The number of rotatable bonds is 7. The zero-order valence-electron chi connectivity index (χ0n) is 16.9. The molecule has 0 spiro atoms. The van der Waals surface area contributed by atoms with E-state index in [1.54, 1.807) is 30.3 Å². The number of carbonyl (C=O) groups is 1. The van der Waals surface area contributed by atoms with Crippen LogP contribution >= 0.6 is 11.6 Å². The molecule has 10 heteroatoms. The first kappa shape index (κ1) is 22.5. The number of ether oxygens (including phenoxy) is 3. The van der Waals surface area contributed by atoms with E-state index in [4.69, 9.17) is 25.8 Å². The second-order valence-corrected chi connectivity index (χ2v) is 6.47. The molecule has 32 heavy (non-hydrogen) atoms. The Bertz CT molecular complexity index is 1230. The predicted octanol–water partition coefficient (Wildman–Crippen LogP) is 4.62. The maximum atomic E-state index is 14.0. The fraction of sp³-hybridized carbons (Fsp3) is 0.0909. The van der Waals surface area contributed by atoms with Crippen molar-refractivity contribution >= 4 is 29.3 Å². The van der Waals surface area contributed by atoms with E-state index < -0.39 is 17.6 Å². The minimum Gasteiger partial charge on any atom is -0.495 e. The highest BCUT2D eigenvalue weighted by Gasteiger charge is 2.15. The smallest absolute Gasteiger partial charge is 0.266 e. The summed E-state index contributed by atoms with van der Waals surface area (Å²) in [5.74, 6) is -1.05. The standard InChI is InChI=1S/C22H16ClFN4O4/c1-30-17-6-4-3-5-16(17)27-20(29)14(11-25)9-13-7-8-18(31-2)19(10-13)32-21-15(24)12-26-22(23)28-21/h3-10,12H,1-2H3,(H,27,29). The van der Waals surface area contributed by atoms with Crippen molar-refractivity contribution in [2.24, 2.45) is 0 Å². The van der Waals surface area contributed by atoms with E-state index in [9.17, 15) is 14.4 Å². The first-order valence-corrected chi connectivity index (χ1v) is 9.43. The van der Waals surface area contributed by atoms with Gasteiger partial charge >= 0.3 is 0 Å². The van der Waals surface area contributed by atoms with Gasteiger partial charge in [0.25, 0.3) is 11.8 Å². The maximum absolute atomic E-state index is 14.0. The maximum Gasteiger partial charge on any atom is 0.266 e. The van der Waals surface area contributed by atoms with Gasteiger partial charge in [0.05, 0.1) is 26.1 Å². The third-order valence-corrected chi connectivity index (χ3v) is 4.29. The molecule has 0 radical (unpaired) electrons. The predicted molar refractivity (Wildman–Crippen MR) is 115 cm³/mol. The molecule has 1 N–H and O–H groups in total. The number of halogens is 2. The summed E-state index contributed by atoms with van der Waals surface area (Å²) in [4.78, 5) is 19.8. The molecule has 8 nitrogen and oxygen atoms in total. The molecular weight excluding hydrogens is 439 g/mol. The number of nitriles is 1. The highest BCUT2D eigenvalue weighted by Crippen LogP contribution is 2.33. The number of benzene rings is 2. The molecule has 0 aliphatic rings. The van der Waals surface area contributed by atoms with Gasteiger partial charge in [0.15, 0.2) is 11.5 Å². The number of hydrogen-bond donors (Lipinski definition) is 1. The number of hydrogen-bond acceptors (Lipinski definition) is 7. The molecule has 1 heterocycles. The molecule has 2 aromatic carbocycles. The molecule has 162 valence electrons. The molecule has 0 saturated carbocycles. The molecule has 3 aromatic rings. The second kappa shape index (κ2) is 10.2. The topological polar surface area (TPSA) is 106 Å². The summed E-state index contributed by atoms with van der Waals surface area (Å²) in [6.07, 6.45) is 2.22. The van der Waals surface area contributed by atoms with Crippen LogP contribution < -0.4 is 19.5 Å². The highest BCUT2D eigenvalue weighted by atomic mass is 35.5. The summed E-state index contributed by atoms with van der Waals surface area (Å²) in [5, 5.41) is 11.9. The average molecular weight is 455 g/mol. The van der Waals surface area contributed by atoms with Crippen LogP contribution in [0.2, 0.25) is 5.28 Å². The average Bonchev–Trinajstić information content (AvgIpc) is 2.80. The summed E-state index contributed by atoms with van der Waals surface area (Å²) in [6, 6.07) is 13.3. The summed E-state index contributed by atoms with van der Waals surface area (Å²) in [6.45, 7) is 0. The Balaban J connectivity index is 1.90. The van der Waals surface area contributed by atoms with E-state index in [2.05, 4.69) is 15.3 Å². The number of nitrogens with zero attached hydrogens (tertiary/aromatic N) is 3. The summed E-state index contributed by atoms with van der Waals surface area (Å²) < 4.78 is 29.9. The largest absolute Gasteiger partial charge is 0.495 e. The van der Waals surface area contributed by atoms with Crippen LogP contribution in [0.1, 0.15) is 5.56 Å². The molecule has 0 bridgehead atoms. The van der Waals surface area contributed by atoms with Crippen LogP contribution in [-0.4, -0.2) is 30.1 Å². The van der Waals surface area contributed by atoms with Crippen molar-refractivity contribution in [3.63, 3.8) is 0 Å². The molecule has 1 amide bonds. The quantitative estimate of drug-likeness (QED) is 0.315. The highest BCUT2D eigenvalue weighted by molar-refractivity contribution is 6.28. The zero-order valence-corrected chi connectivity index (χ0v) is 17.7. The van der Waals surface area contributed by atoms with Crippen molar-refractivity contribution in [3.05, 3.63) is 70.9 Å². The third kappa shape index (κ3) is 5.30. The van der Waals surface area contributed by atoms with E-state index in [1.807, 2.05) is 6.07 Å². The minimum atomic E-state index is -0.828. The first-order valence-electron chi connectivity index (χ1n) is 9.05. The van der Waals surface area contributed by atoms with Crippen LogP contribution in [0.15, 0.2) is 54.2 Å². The van der Waals surface area contributed by atoms with Gasteiger partial charge in [0.1, 0.15) is 17.4 Å². The molecule has 0 aliphatic carbocycles. The lowest BCUT2D eigenvalue weighted by Gasteiger charge is -2.11. The van der Waals surface area contributed by atoms with E-state index in [0.717, 1.165) is 6.20 Å². The molecule has 3 rings (SSSR count). The number of carbonyl (C=O) groups excluding carboxylic acids is 1. The summed E-state index contributed by atoms with van der Waals surface area (Å²) in [5.41, 5.74) is 0.660. The SMILES string of the molecule is COc1ccccc1NC(=O)C(C#N)=Cc1ccc(OC)c(Oc2nc(Cl)ncc2F)c1. The van der Waals surface area contributed by atoms with E-state index in [-0.39, 0.29) is 22.4 Å². The Morgan fingerprint density at radius 3 is 2.62 bits per heavy atom. The zero-order chi connectivity index (χ0) is 23.1. The van der Waals surface area contributed by atoms with Crippen molar-refractivity contribution in [3.8, 4) is 29.2 Å². The van der Waals surface area contributed by atoms with Crippen molar-refractivity contribution in [1.82, 2.24) is 9.97 Å². The van der Waals surface area contributed by atoms with Gasteiger partial charge in [-0.2, -0.15) is 14.6 Å². The summed E-state index contributed by atoms with van der Waals surface area (Å²) >= 11 is 5.70. The van der Waals surface area contributed by atoms with Crippen molar-refractivity contribution in [1.29, 1.82) is 5.26 Å². The van der Waals surface area contributed by atoms with Crippen LogP contribution in [0, 0.1) is 17.1 Å². The van der Waals surface area contributed by atoms with E-state index in [1.165, 1.54) is 32.4 Å². The summed E-state index contributed by atoms with van der Waals surface area (Å²) in [7, 11) is 2.88. The first-order chi connectivity index (χ1) is 15.4. The van der Waals surface area contributed by atoms with Gasteiger partial charge < -0.3 is 19.5 Å². The number of para-hydroxylation sites is 2. The van der Waals surface area contributed by atoms with Crippen LogP contribution in [0.3, 0.4) is 0 Å². The lowest BCUT2D eigenvalue weighted by atomic mass is 10.1. The number of methoxy groups -OCH3 is 2. The Labute approximate surface area is 187 Å². The van der Waals surface area contributed by atoms with Crippen LogP contribution in [0.25, 0.3) is 6.08 Å². The normalized spacial score (nSPS) is 10.8. The van der Waals surface area contributed by atoms with Gasteiger partial charge in [-0.15, -0.1) is 0 Å². The monoisotopic (exact) mass is 454 g/mol. The van der Waals surface area contributed by atoms with Crippen molar-refractivity contribution < 1.29 is 23.4 Å². The Kier molecular flexibility index (Phi) is 7.21. The third-order valence-electron chi connectivity index (χ3n) is 4.11. The van der Waals surface area contributed by atoms with E-state index >= 15 is 0 Å². The van der Waals surface area contributed by atoms with Crippen molar-refractivity contribution in [2.75, 3.05) is 19.5 Å². The lowest BCUT2D eigenvalue weighted by molar-refractivity contribution is -0.112. The Morgan fingerprint density at radius 1 is 1.16 bits per heavy atom. The van der Waals surface area contributed by atoms with Gasteiger partial charge in [0, 0.05) is 0 Å². The molecule has 0 unspecified atom stereocenters. The molecule has 0 aliphatic heterocycles. The Morgan fingerprint density at radius 2 is 1.91 bits per heavy atom. The van der Waals surface area contributed by atoms with Gasteiger partial charge in [-0.25, -0.2) is 4.98 Å². The van der Waals surface area contributed by atoms with Crippen LogP contribution in [0.5, 0.6) is 23.1 Å². The number of nitrogens with one attached hydrogen (secondary N) is 1. The molecule has 1 aromatic heterocycles. The van der Waals surface area contributed by atoms with Crippen molar-refractivity contribution in [2.45, 2.75) is 0 Å². The number of anilines is 1. The fourth-order valence-electron chi connectivity index (χ4n) is 2.62.